The van der Waals surface area contributed by atoms with Gasteiger partial charge in [0.05, 0.1) is 12.2 Å². The number of carbonyl (C=O) groups is 2. The van der Waals surface area contributed by atoms with E-state index in [2.05, 4.69) is 6.58 Å². The summed E-state index contributed by atoms with van der Waals surface area (Å²) in [6.07, 6.45) is 0.906. The fourth-order valence-electron chi connectivity index (χ4n) is 2.52. The normalized spacial score (nSPS) is 11.6. The van der Waals surface area contributed by atoms with E-state index in [1.54, 1.807) is 19.1 Å². The van der Waals surface area contributed by atoms with Crippen LogP contribution >= 0.6 is 0 Å². The van der Waals surface area contributed by atoms with E-state index < -0.39 is 0 Å². The van der Waals surface area contributed by atoms with Crippen molar-refractivity contribution in [3.05, 3.63) is 77.4 Å². The van der Waals surface area contributed by atoms with E-state index in [9.17, 15) is 9.59 Å². The molecule has 0 spiro atoms. The van der Waals surface area contributed by atoms with Crippen molar-refractivity contribution < 1.29 is 14.3 Å². The molecule has 3 nitrogen and oxygen atoms in total. The lowest BCUT2D eigenvalue weighted by atomic mass is 9.88. The molecule has 0 radical (unpaired) electrons. The number of aldehydes is 1. The van der Waals surface area contributed by atoms with Gasteiger partial charge in [-0.1, -0.05) is 56.0 Å². The molecule has 0 heterocycles. The molecule has 0 amide bonds. The van der Waals surface area contributed by atoms with Crippen molar-refractivity contribution in [2.75, 3.05) is 6.61 Å². The molecule has 0 saturated heterocycles. The molecule has 0 aliphatic carbocycles. The Hall–Kier alpha value is -2.68. The van der Waals surface area contributed by atoms with Crippen LogP contribution < -0.4 is 0 Å². The van der Waals surface area contributed by atoms with E-state index in [0.717, 1.165) is 23.0 Å². The molecule has 0 aliphatic heterocycles. The Kier molecular flexibility index (Phi) is 5.47. The van der Waals surface area contributed by atoms with Crippen molar-refractivity contribution in [1.82, 2.24) is 0 Å². The third-order valence-electron chi connectivity index (χ3n) is 3.73. The van der Waals surface area contributed by atoms with E-state index >= 15 is 0 Å². The van der Waals surface area contributed by atoms with Gasteiger partial charge in [0, 0.05) is 5.92 Å². The van der Waals surface area contributed by atoms with Crippen LogP contribution in [0.15, 0.2) is 55.1 Å². The van der Waals surface area contributed by atoms with Gasteiger partial charge in [-0.2, -0.15) is 0 Å². The monoisotopic (exact) mass is 308 g/mol. The molecule has 1 atom stereocenters. The molecule has 2 aromatic carbocycles. The molecular weight excluding hydrogens is 288 g/mol. The highest BCUT2D eigenvalue weighted by atomic mass is 16.5. The lowest BCUT2D eigenvalue weighted by molar-refractivity contribution is -0.108. The van der Waals surface area contributed by atoms with E-state index in [4.69, 9.17) is 4.74 Å². The second-order valence-electron chi connectivity index (χ2n) is 5.26. The Balaban J connectivity index is 2.51. The number of benzene rings is 2. The molecular formula is C20H20O3. The largest absolute Gasteiger partial charge is 0.462 e. The SMILES string of the molecule is C=C(c1ccccc1C(=O)OCC)c1ccccc1C(C)C=O. The van der Waals surface area contributed by atoms with Crippen molar-refractivity contribution >= 4 is 17.8 Å². The summed E-state index contributed by atoms with van der Waals surface area (Å²) in [5.74, 6) is -0.608. The maximum Gasteiger partial charge on any atom is 0.338 e. The summed E-state index contributed by atoms with van der Waals surface area (Å²) in [5, 5.41) is 0. The Bertz CT molecular complexity index is 731. The van der Waals surface area contributed by atoms with Crippen LogP contribution in [0, 0.1) is 0 Å². The molecule has 0 bridgehead atoms. The number of hydrogen-bond donors (Lipinski definition) is 0. The average molecular weight is 308 g/mol. The van der Waals surface area contributed by atoms with Gasteiger partial charge in [0.25, 0.3) is 0 Å². The zero-order chi connectivity index (χ0) is 16.8. The summed E-state index contributed by atoms with van der Waals surface area (Å²) in [6, 6.07) is 14.8. The fraction of sp³-hybridized carbons (Fsp3) is 0.200. The van der Waals surface area contributed by atoms with Gasteiger partial charge in [-0.3, -0.25) is 0 Å². The lowest BCUT2D eigenvalue weighted by Crippen LogP contribution is -2.09. The van der Waals surface area contributed by atoms with Crippen LogP contribution in [0.2, 0.25) is 0 Å². The van der Waals surface area contributed by atoms with Gasteiger partial charge in [0.1, 0.15) is 6.29 Å². The summed E-state index contributed by atoms with van der Waals surface area (Å²) in [6.45, 7) is 8.09. The number of esters is 1. The minimum Gasteiger partial charge on any atom is -0.462 e. The van der Waals surface area contributed by atoms with Crippen LogP contribution in [-0.2, 0) is 9.53 Å². The predicted molar refractivity (Wildman–Crippen MR) is 91.5 cm³/mol. The Morgan fingerprint density at radius 2 is 1.65 bits per heavy atom. The summed E-state index contributed by atoms with van der Waals surface area (Å²) in [4.78, 5) is 23.3. The third-order valence-corrected chi connectivity index (χ3v) is 3.73. The molecule has 0 fully saturated rings. The Labute approximate surface area is 136 Å². The van der Waals surface area contributed by atoms with Gasteiger partial charge in [-0.25, -0.2) is 4.79 Å². The molecule has 0 saturated carbocycles. The molecule has 23 heavy (non-hydrogen) atoms. The smallest absolute Gasteiger partial charge is 0.338 e. The highest BCUT2D eigenvalue weighted by molar-refractivity contribution is 5.98. The first-order valence-corrected chi connectivity index (χ1v) is 7.60. The summed E-state index contributed by atoms with van der Waals surface area (Å²) < 4.78 is 5.12. The van der Waals surface area contributed by atoms with Gasteiger partial charge < -0.3 is 9.53 Å². The summed E-state index contributed by atoms with van der Waals surface area (Å²) in [5.41, 5.74) is 3.66. The zero-order valence-electron chi connectivity index (χ0n) is 13.4. The second kappa shape index (κ2) is 7.54. The second-order valence-corrected chi connectivity index (χ2v) is 5.26. The lowest BCUT2D eigenvalue weighted by Gasteiger charge is -2.16. The Morgan fingerprint density at radius 3 is 2.26 bits per heavy atom. The highest BCUT2D eigenvalue weighted by Gasteiger charge is 2.18. The van der Waals surface area contributed by atoms with Crippen LogP contribution in [0.3, 0.4) is 0 Å². The molecule has 2 rings (SSSR count). The summed E-state index contributed by atoms with van der Waals surface area (Å²) in [7, 11) is 0. The first kappa shape index (κ1) is 16.7. The van der Waals surface area contributed by atoms with E-state index in [0.29, 0.717) is 17.7 Å². The first-order valence-electron chi connectivity index (χ1n) is 7.60. The van der Waals surface area contributed by atoms with E-state index in [1.165, 1.54) is 0 Å². The first-order chi connectivity index (χ1) is 11.1. The molecule has 0 aromatic heterocycles. The van der Waals surface area contributed by atoms with Gasteiger partial charge in [-0.15, -0.1) is 0 Å². The molecule has 1 unspecified atom stereocenters. The standard InChI is InChI=1S/C20H20O3/c1-4-23-20(22)19-12-8-7-11-18(19)15(3)17-10-6-5-9-16(17)14(2)13-21/h5-14H,3-4H2,1-2H3. The number of hydrogen-bond acceptors (Lipinski definition) is 3. The number of carbonyl (C=O) groups excluding carboxylic acids is 2. The topological polar surface area (TPSA) is 43.4 Å². The molecule has 3 heteroatoms. The van der Waals surface area contributed by atoms with Crippen molar-refractivity contribution in [1.29, 1.82) is 0 Å². The Morgan fingerprint density at radius 1 is 1.09 bits per heavy atom. The summed E-state index contributed by atoms with van der Waals surface area (Å²) >= 11 is 0. The highest BCUT2D eigenvalue weighted by Crippen LogP contribution is 2.30. The van der Waals surface area contributed by atoms with Gasteiger partial charge in [-0.05, 0) is 35.3 Å². The van der Waals surface area contributed by atoms with Crippen LogP contribution in [0.4, 0.5) is 0 Å². The van der Waals surface area contributed by atoms with Crippen LogP contribution in [0.5, 0.6) is 0 Å². The average Bonchev–Trinajstić information content (AvgIpc) is 2.60. The van der Waals surface area contributed by atoms with Gasteiger partial charge in [0.2, 0.25) is 0 Å². The molecule has 0 aliphatic rings. The maximum absolute atomic E-state index is 12.2. The van der Waals surface area contributed by atoms with Crippen LogP contribution in [-0.4, -0.2) is 18.9 Å². The minimum atomic E-state index is -0.370. The van der Waals surface area contributed by atoms with Crippen molar-refractivity contribution in [2.45, 2.75) is 19.8 Å². The van der Waals surface area contributed by atoms with Crippen molar-refractivity contribution in [2.24, 2.45) is 0 Å². The van der Waals surface area contributed by atoms with Gasteiger partial charge >= 0.3 is 5.97 Å². The fourth-order valence-corrected chi connectivity index (χ4v) is 2.52. The quantitative estimate of drug-likeness (QED) is 0.592. The van der Waals surface area contributed by atoms with E-state index in [1.807, 2.05) is 43.3 Å². The van der Waals surface area contributed by atoms with E-state index in [-0.39, 0.29) is 11.9 Å². The van der Waals surface area contributed by atoms with Crippen molar-refractivity contribution in [3.8, 4) is 0 Å². The third kappa shape index (κ3) is 3.57. The van der Waals surface area contributed by atoms with Crippen LogP contribution in [0.25, 0.3) is 5.57 Å². The number of ether oxygens (including phenoxy) is 1. The molecule has 2 aromatic rings. The van der Waals surface area contributed by atoms with Crippen molar-refractivity contribution in [3.63, 3.8) is 0 Å². The molecule has 0 N–H and O–H groups in total. The minimum absolute atomic E-state index is 0.238. The maximum atomic E-state index is 12.2. The molecule has 118 valence electrons. The number of rotatable bonds is 6. The predicted octanol–water partition coefficient (Wildman–Crippen LogP) is 4.23. The zero-order valence-corrected chi connectivity index (χ0v) is 13.4. The van der Waals surface area contributed by atoms with Gasteiger partial charge in [0.15, 0.2) is 0 Å². The van der Waals surface area contributed by atoms with Crippen LogP contribution in [0.1, 0.15) is 46.8 Å².